The number of hydrogen-bond acceptors (Lipinski definition) is 13. The summed E-state index contributed by atoms with van der Waals surface area (Å²) >= 11 is 1.84. The SMILES string of the molecule is C[C@H](NC(=O)[C@H](CCCCN)NC(=O)C(CCCCN)CC(=O)NO)C(=O)NCC(=O)NCC(=O)N[C@@H](CCCCNC(=O)CCCC[C@@H]1SC[C@@H]2NC(=O)N[C@@H]21)C(N)=O. The van der Waals surface area contributed by atoms with Crippen LogP contribution in [0, 0.1) is 5.92 Å². The summed E-state index contributed by atoms with van der Waals surface area (Å²) in [4.78, 5) is 111. The van der Waals surface area contributed by atoms with Crippen LogP contribution in [0.4, 0.5) is 4.79 Å². The molecule has 0 spiro atoms. The summed E-state index contributed by atoms with van der Waals surface area (Å²) in [5, 5.41) is 30.3. The van der Waals surface area contributed by atoms with Gasteiger partial charge in [0.15, 0.2) is 0 Å². The first-order valence-corrected chi connectivity index (χ1v) is 21.8. The van der Waals surface area contributed by atoms with Gasteiger partial charge >= 0.3 is 6.03 Å². The standard InChI is InChI=1S/C37H66N12O10S/c1-22(44-36(57)25(12-5-8-16-39)46-35(56)23(10-4-7-15-38)18-29(51)49-59)34(55)43-19-30(52)42-20-31(53)45-24(33(40)54)11-6-9-17-41-28(50)14-3-2-13-27-32-26(21-60-27)47-37(58)48-32/h22-27,32,59H,2-21,38-39H2,1H3,(H2,40,54)(H,41,50)(H,42,52)(H,43,55)(H,44,57)(H,45,53)(H,46,56)(H,49,51)(H2,47,48,58)/t22-,23?,24-,25-,26-,27-,32-/m0/s1. The third-order valence-corrected chi connectivity index (χ3v) is 11.6. The van der Waals surface area contributed by atoms with Gasteiger partial charge in [-0.3, -0.25) is 43.6 Å². The van der Waals surface area contributed by atoms with Gasteiger partial charge in [-0.15, -0.1) is 0 Å². The van der Waals surface area contributed by atoms with Crippen molar-refractivity contribution >= 4 is 65.1 Å². The summed E-state index contributed by atoms with van der Waals surface area (Å²) in [7, 11) is 0. The Morgan fingerprint density at radius 2 is 1.38 bits per heavy atom. The first kappa shape index (κ1) is 51.4. The van der Waals surface area contributed by atoms with Crippen LogP contribution in [-0.4, -0.2) is 132 Å². The van der Waals surface area contributed by atoms with Crippen LogP contribution in [0.3, 0.4) is 0 Å². The molecular weight excluding hydrogens is 805 g/mol. The van der Waals surface area contributed by atoms with Crippen LogP contribution in [0.5, 0.6) is 0 Å². The second-order valence-electron chi connectivity index (χ2n) is 15.0. The van der Waals surface area contributed by atoms with E-state index >= 15 is 0 Å². The fourth-order valence-electron chi connectivity index (χ4n) is 6.72. The zero-order valence-corrected chi connectivity index (χ0v) is 35.3. The van der Waals surface area contributed by atoms with Gasteiger partial charge in [0.1, 0.15) is 18.1 Å². The molecular formula is C37H66N12O10S. The summed E-state index contributed by atoms with van der Waals surface area (Å²) in [5.41, 5.74) is 18.1. The number of hydrogen-bond donors (Lipinski definition) is 13. The summed E-state index contributed by atoms with van der Waals surface area (Å²) in [6, 6.07) is -3.02. The minimum absolute atomic E-state index is 0.0784. The first-order chi connectivity index (χ1) is 28.7. The Hall–Kier alpha value is -4.74. The lowest BCUT2D eigenvalue weighted by Gasteiger charge is -2.24. The van der Waals surface area contributed by atoms with Crippen LogP contribution in [0.1, 0.15) is 96.8 Å². The molecule has 2 fully saturated rings. The van der Waals surface area contributed by atoms with Gasteiger partial charge in [-0.2, -0.15) is 11.8 Å². The van der Waals surface area contributed by atoms with E-state index in [2.05, 4.69) is 42.5 Å². The molecule has 2 aliphatic heterocycles. The van der Waals surface area contributed by atoms with E-state index in [0.717, 1.165) is 25.0 Å². The van der Waals surface area contributed by atoms with Gasteiger partial charge in [-0.1, -0.05) is 12.8 Å². The number of urea groups is 1. The van der Waals surface area contributed by atoms with Crippen molar-refractivity contribution < 1.29 is 48.4 Å². The van der Waals surface area contributed by atoms with E-state index in [1.807, 2.05) is 11.8 Å². The molecule has 16 N–H and O–H groups in total. The Bertz CT molecular complexity index is 1460. The number of primary amides is 1. The zero-order valence-electron chi connectivity index (χ0n) is 34.4. The molecule has 2 rings (SSSR count). The number of fused-ring (bicyclic) bond motifs is 1. The van der Waals surface area contributed by atoms with Gasteiger partial charge in [0, 0.05) is 36.3 Å². The second-order valence-corrected chi connectivity index (χ2v) is 16.3. The lowest BCUT2D eigenvalue weighted by Crippen LogP contribution is -2.54. The second kappa shape index (κ2) is 28.7. The van der Waals surface area contributed by atoms with Crippen molar-refractivity contribution in [2.75, 3.05) is 38.5 Å². The number of amides is 10. The minimum atomic E-state index is -1.14. The van der Waals surface area contributed by atoms with Crippen LogP contribution in [0.15, 0.2) is 0 Å². The highest BCUT2D eigenvalue weighted by Gasteiger charge is 2.42. The number of thioether (sulfide) groups is 1. The number of carbonyl (C=O) groups is 9. The van der Waals surface area contributed by atoms with Crippen LogP contribution in [0.2, 0.25) is 0 Å². The number of unbranched alkanes of at least 4 members (excludes halogenated alkanes) is 4. The zero-order chi connectivity index (χ0) is 44.5. The van der Waals surface area contributed by atoms with Crippen molar-refractivity contribution in [3.05, 3.63) is 0 Å². The van der Waals surface area contributed by atoms with Crippen LogP contribution in [0.25, 0.3) is 0 Å². The third kappa shape index (κ3) is 20.0. The normalized spacial score (nSPS) is 18.6. The molecule has 1 unspecified atom stereocenters. The fourth-order valence-corrected chi connectivity index (χ4v) is 8.26. The number of nitrogens with two attached hydrogens (primary N) is 3. The summed E-state index contributed by atoms with van der Waals surface area (Å²) in [6.45, 7) is 1.45. The van der Waals surface area contributed by atoms with Gasteiger partial charge in [0.2, 0.25) is 47.3 Å². The largest absolute Gasteiger partial charge is 0.368 e. The highest BCUT2D eigenvalue weighted by atomic mass is 32.2. The van der Waals surface area contributed by atoms with E-state index in [0.29, 0.717) is 69.8 Å². The Morgan fingerprint density at radius 3 is 2.07 bits per heavy atom. The van der Waals surface area contributed by atoms with Crippen molar-refractivity contribution in [2.24, 2.45) is 23.1 Å². The molecule has 2 saturated heterocycles. The molecule has 7 atom stereocenters. The fraction of sp³-hybridized carbons (Fsp3) is 0.757. The Labute approximate surface area is 354 Å². The molecule has 0 radical (unpaired) electrons. The topological polar surface area (TPSA) is 360 Å². The molecule has 0 aromatic carbocycles. The van der Waals surface area contributed by atoms with Crippen molar-refractivity contribution in [2.45, 2.75) is 132 Å². The first-order valence-electron chi connectivity index (χ1n) is 20.7. The highest BCUT2D eigenvalue weighted by Crippen LogP contribution is 2.33. The van der Waals surface area contributed by atoms with Crippen LogP contribution < -0.4 is 65.2 Å². The van der Waals surface area contributed by atoms with E-state index in [1.165, 1.54) is 12.4 Å². The number of carbonyl (C=O) groups excluding carboxylic acids is 9. The molecule has 0 aliphatic carbocycles. The number of hydroxylamine groups is 1. The van der Waals surface area contributed by atoms with E-state index in [4.69, 9.17) is 22.4 Å². The van der Waals surface area contributed by atoms with E-state index in [-0.39, 0.29) is 49.7 Å². The average Bonchev–Trinajstić information content (AvgIpc) is 3.77. The lowest BCUT2D eigenvalue weighted by molar-refractivity contribution is -0.137. The molecule has 340 valence electrons. The lowest BCUT2D eigenvalue weighted by atomic mass is 9.96. The molecule has 10 amide bonds. The summed E-state index contributed by atoms with van der Waals surface area (Å²) in [6.07, 6.45) is 6.48. The Kier molecular flexibility index (Phi) is 24.6. The minimum Gasteiger partial charge on any atom is -0.368 e. The Morgan fingerprint density at radius 1 is 0.717 bits per heavy atom. The van der Waals surface area contributed by atoms with Gasteiger partial charge < -0.3 is 59.7 Å². The maximum Gasteiger partial charge on any atom is 0.315 e. The molecule has 0 bridgehead atoms. The monoisotopic (exact) mass is 870 g/mol. The van der Waals surface area contributed by atoms with Gasteiger partial charge in [-0.25, -0.2) is 10.3 Å². The van der Waals surface area contributed by atoms with Crippen LogP contribution in [-0.2, 0) is 38.4 Å². The maximum atomic E-state index is 13.2. The third-order valence-electron chi connectivity index (χ3n) is 10.1. The van der Waals surface area contributed by atoms with Gasteiger partial charge in [-0.05, 0) is 84.2 Å². The Balaban J connectivity index is 1.68. The predicted molar refractivity (Wildman–Crippen MR) is 221 cm³/mol. The molecule has 0 saturated carbocycles. The highest BCUT2D eigenvalue weighted by molar-refractivity contribution is 8.00. The average molecular weight is 871 g/mol. The van der Waals surface area contributed by atoms with E-state index < -0.39 is 78.5 Å². The summed E-state index contributed by atoms with van der Waals surface area (Å²) < 4.78 is 0. The van der Waals surface area contributed by atoms with Crippen LogP contribution >= 0.6 is 11.8 Å². The predicted octanol–water partition coefficient (Wildman–Crippen LogP) is -3.04. The molecule has 0 aromatic rings. The van der Waals surface area contributed by atoms with Gasteiger partial charge in [0.05, 0.1) is 25.2 Å². The quantitative estimate of drug-likeness (QED) is 0.0143. The van der Waals surface area contributed by atoms with Gasteiger partial charge in [0.25, 0.3) is 0 Å². The molecule has 0 aromatic heterocycles. The molecule has 2 heterocycles. The summed E-state index contributed by atoms with van der Waals surface area (Å²) in [5.74, 6) is -4.97. The van der Waals surface area contributed by atoms with Crippen molar-refractivity contribution in [3.8, 4) is 0 Å². The van der Waals surface area contributed by atoms with E-state index in [9.17, 15) is 43.2 Å². The number of nitrogens with one attached hydrogen (secondary N) is 9. The smallest absolute Gasteiger partial charge is 0.315 e. The van der Waals surface area contributed by atoms with Crippen molar-refractivity contribution in [1.82, 2.24) is 48.0 Å². The molecule has 2 aliphatic rings. The van der Waals surface area contributed by atoms with E-state index in [1.54, 1.807) is 0 Å². The van der Waals surface area contributed by atoms with Crippen molar-refractivity contribution in [1.29, 1.82) is 0 Å². The molecule has 22 nitrogen and oxygen atoms in total. The molecule has 23 heteroatoms. The molecule has 60 heavy (non-hydrogen) atoms. The number of rotatable bonds is 31. The van der Waals surface area contributed by atoms with Crippen molar-refractivity contribution in [3.63, 3.8) is 0 Å². The maximum absolute atomic E-state index is 13.2.